The molecule has 0 unspecified atom stereocenters. The molecule has 25 heavy (non-hydrogen) atoms. The molecule has 2 heterocycles. The van der Waals surface area contributed by atoms with Gasteiger partial charge in [-0.05, 0) is 44.2 Å². The SMILES string of the molecule is Cc1cccc(-c2n[nH]c(C)c2C#Cc2cccc(S(N)(=O)=O)c2)n1. The van der Waals surface area contributed by atoms with Crippen LogP contribution in [0, 0.1) is 25.7 Å². The van der Waals surface area contributed by atoms with E-state index in [4.69, 9.17) is 5.14 Å². The first-order valence-electron chi connectivity index (χ1n) is 7.48. The highest BCUT2D eigenvalue weighted by Gasteiger charge is 2.12. The molecule has 0 atom stereocenters. The molecule has 3 aromatic rings. The van der Waals surface area contributed by atoms with E-state index in [2.05, 4.69) is 27.0 Å². The minimum Gasteiger partial charge on any atom is -0.281 e. The van der Waals surface area contributed by atoms with E-state index in [1.807, 2.05) is 32.0 Å². The molecule has 6 nitrogen and oxygen atoms in total. The summed E-state index contributed by atoms with van der Waals surface area (Å²) in [5, 5.41) is 12.4. The molecule has 0 bridgehead atoms. The summed E-state index contributed by atoms with van der Waals surface area (Å²) in [4.78, 5) is 4.50. The molecule has 1 aromatic carbocycles. The molecule has 2 aromatic heterocycles. The number of aryl methyl sites for hydroxylation is 2. The second-order valence-corrected chi connectivity index (χ2v) is 7.12. The van der Waals surface area contributed by atoms with Crippen LogP contribution < -0.4 is 5.14 Å². The van der Waals surface area contributed by atoms with Crippen molar-refractivity contribution in [3.05, 3.63) is 65.0 Å². The quantitative estimate of drug-likeness (QED) is 0.690. The number of primary sulfonamides is 1. The van der Waals surface area contributed by atoms with E-state index in [9.17, 15) is 8.42 Å². The van der Waals surface area contributed by atoms with Crippen LogP contribution in [-0.2, 0) is 10.0 Å². The summed E-state index contributed by atoms with van der Waals surface area (Å²) < 4.78 is 22.9. The molecule has 0 aliphatic carbocycles. The van der Waals surface area contributed by atoms with Crippen LogP contribution in [0.25, 0.3) is 11.4 Å². The van der Waals surface area contributed by atoms with Gasteiger partial charge in [-0.1, -0.05) is 24.0 Å². The topological polar surface area (TPSA) is 102 Å². The molecule has 0 saturated carbocycles. The normalized spacial score (nSPS) is 11.0. The molecule has 126 valence electrons. The van der Waals surface area contributed by atoms with Crippen molar-refractivity contribution in [1.82, 2.24) is 15.2 Å². The van der Waals surface area contributed by atoms with Gasteiger partial charge in [0.05, 0.1) is 16.2 Å². The number of nitrogens with one attached hydrogen (secondary N) is 1. The van der Waals surface area contributed by atoms with Crippen molar-refractivity contribution in [1.29, 1.82) is 0 Å². The third-order valence-electron chi connectivity index (χ3n) is 3.57. The Bertz CT molecular complexity index is 1110. The maximum absolute atomic E-state index is 11.4. The molecule has 0 saturated heterocycles. The summed E-state index contributed by atoms with van der Waals surface area (Å²) in [6.45, 7) is 3.78. The smallest absolute Gasteiger partial charge is 0.238 e. The molecular weight excluding hydrogens is 336 g/mol. The number of nitrogens with zero attached hydrogens (tertiary/aromatic N) is 2. The summed E-state index contributed by atoms with van der Waals surface area (Å²) in [5.74, 6) is 6.02. The van der Waals surface area contributed by atoms with Crippen LogP contribution in [-0.4, -0.2) is 23.6 Å². The molecule has 3 N–H and O–H groups in total. The largest absolute Gasteiger partial charge is 0.281 e. The molecule has 0 aliphatic rings. The van der Waals surface area contributed by atoms with Crippen molar-refractivity contribution in [2.45, 2.75) is 18.7 Å². The minimum absolute atomic E-state index is 0.0313. The van der Waals surface area contributed by atoms with Gasteiger partial charge in [0.1, 0.15) is 5.69 Å². The van der Waals surface area contributed by atoms with Crippen molar-refractivity contribution in [2.75, 3.05) is 0 Å². The maximum Gasteiger partial charge on any atom is 0.238 e. The van der Waals surface area contributed by atoms with Gasteiger partial charge in [-0.25, -0.2) is 13.6 Å². The van der Waals surface area contributed by atoms with Crippen LogP contribution in [0.4, 0.5) is 0 Å². The average Bonchev–Trinajstić information content (AvgIpc) is 2.93. The van der Waals surface area contributed by atoms with Crippen LogP contribution in [0.15, 0.2) is 47.4 Å². The van der Waals surface area contributed by atoms with Crippen LogP contribution >= 0.6 is 0 Å². The van der Waals surface area contributed by atoms with E-state index >= 15 is 0 Å². The lowest BCUT2D eigenvalue weighted by atomic mass is 10.1. The van der Waals surface area contributed by atoms with Crippen LogP contribution in [0.3, 0.4) is 0 Å². The number of benzene rings is 1. The fourth-order valence-electron chi connectivity index (χ4n) is 2.33. The predicted octanol–water partition coefficient (Wildman–Crippen LogP) is 2.14. The van der Waals surface area contributed by atoms with Crippen LogP contribution in [0.1, 0.15) is 22.5 Å². The molecule has 3 rings (SSSR count). The average molecular weight is 352 g/mol. The van der Waals surface area contributed by atoms with E-state index < -0.39 is 10.0 Å². The first kappa shape index (κ1) is 16.9. The van der Waals surface area contributed by atoms with Gasteiger partial charge >= 0.3 is 0 Å². The Balaban J connectivity index is 2.04. The van der Waals surface area contributed by atoms with Crippen molar-refractivity contribution in [3.63, 3.8) is 0 Å². The van der Waals surface area contributed by atoms with Crippen molar-refractivity contribution in [3.8, 4) is 23.2 Å². The number of hydrogen-bond acceptors (Lipinski definition) is 4. The van der Waals surface area contributed by atoms with Crippen LogP contribution in [0.2, 0.25) is 0 Å². The van der Waals surface area contributed by atoms with E-state index in [1.54, 1.807) is 12.1 Å². The van der Waals surface area contributed by atoms with Crippen molar-refractivity contribution >= 4 is 10.0 Å². The van der Waals surface area contributed by atoms with Gasteiger partial charge in [0.15, 0.2) is 0 Å². The molecule has 7 heteroatoms. The standard InChI is InChI=1S/C18H16N4O2S/c1-12-5-3-8-17(20-12)18-16(13(2)21-22-18)10-9-14-6-4-7-15(11-14)25(19,23)24/h3-8,11H,1-2H3,(H,21,22)(H2,19,23,24). The van der Waals surface area contributed by atoms with Crippen molar-refractivity contribution < 1.29 is 8.42 Å². The Morgan fingerprint density at radius 3 is 2.56 bits per heavy atom. The second-order valence-electron chi connectivity index (χ2n) is 5.56. The Labute approximate surface area is 146 Å². The second kappa shape index (κ2) is 6.51. The van der Waals surface area contributed by atoms with Crippen molar-refractivity contribution in [2.24, 2.45) is 5.14 Å². The molecular formula is C18H16N4O2S. The highest BCUT2D eigenvalue weighted by atomic mass is 32.2. The Morgan fingerprint density at radius 1 is 1.08 bits per heavy atom. The fraction of sp³-hybridized carbons (Fsp3) is 0.111. The van der Waals surface area contributed by atoms with Gasteiger partial charge in [-0.2, -0.15) is 5.10 Å². The number of hydrogen-bond donors (Lipinski definition) is 2. The van der Waals surface area contributed by atoms with E-state index in [-0.39, 0.29) is 4.90 Å². The summed E-state index contributed by atoms with van der Waals surface area (Å²) in [7, 11) is -3.76. The Kier molecular flexibility index (Phi) is 4.40. The predicted molar refractivity (Wildman–Crippen MR) is 95.1 cm³/mol. The zero-order valence-corrected chi connectivity index (χ0v) is 14.6. The number of rotatable bonds is 2. The summed E-state index contributed by atoms with van der Waals surface area (Å²) >= 11 is 0. The van der Waals surface area contributed by atoms with Gasteiger partial charge in [0.25, 0.3) is 0 Å². The summed E-state index contributed by atoms with van der Waals surface area (Å²) in [5.41, 5.74) is 4.36. The Hall–Kier alpha value is -2.95. The molecule has 0 radical (unpaired) electrons. The van der Waals surface area contributed by atoms with E-state index in [1.165, 1.54) is 12.1 Å². The van der Waals surface area contributed by atoms with E-state index in [0.717, 1.165) is 22.6 Å². The molecule has 0 amide bonds. The molecule has 0 aliphatic heterocycles. The number of sulfonamides is 1. The number of nitrogens with two attached hydrogens (primary N) is 1. The first-order valence-corrected chi connectivity index (χ1v) is 9.03. The minimum atomic E-state index is -3.76. The van der Waals surface area contributed by atoms with Gasteiger partial charge in [0.2, 0.25) is 10.0 Å². The van der Waals surface area contributed by atoms with Gasteiger partial charge in [0, 0.05) is 17.0 Å². The Morgan fingerprint density at radius 2 is 1.84 bits per heavy atom. The number of aromatic nitrogens is 3. The third-order valence-corrected chi connectivity index (χ3v) is 4.48. The summed E-state index contributed by atoms with van der Waals surface area (Å²) in [6.07, 6.45) is 0. The molecule has 0 spiro atoms. The number of H-pyrrole nitrogens is 1. The lowest BCUT2D eigenvalue weighted by Gasteiger charge is -1.99. The zero-order chi connectivity index (χ0) is 18.0. The highest BCUT2D eigenvalue weighted by Crippen LogP contribution is 2.21. The zero-order valence-electron chi connectivity index (χ0n) is 13.7. The maximum atomic E-state index is 11.4. The van der Waals surface area contributed by atoms with Crippen LogP contribution in [0.5, 0.6) is 0 Å². The van der Waals surface area contributed by atoms with Gasteiger partial charge < -0.3 is 0 Å². The van der Waals surface area contributed by atoms with Gasteiger partial charge in [-0.3, -0.25) is 10.1 Å². The van der Waals surface area contributed by atoms with E-state index in [0.29, 0.717) is 11.3 Å². The lowest BCUT2D eigenvalue weighted by Crippen LogP contribution is -2.11. The lowest BCUT2D eigenvalue weighted by molar-refractivity contribution is 0.598. The first-order chi connectivity index (χ1) is 11.8. The highest BCUT2D eigenvalue weighted by molar-refractivity contribution is 7.89. The fourth-order valence-corrected chi connectivity index (χ4v) is 2.89. The number of aromatic amines is 1. The molecule has 0 fully saturated rings. The monoisotopic (exact) mass is 352 g/mol. The van der Waals surface area contributed by atoms with Gasteiger partial charge in [-0.15, -0.1) is 0 Å². The third kappa shape index (κ3) is 3.76. The number of pyridine rings is 1. The summed E-state index contributed by atoms with van der Waals surface area (Å²) in [6, 6.07) is 11.9.